The third-order valence-electron chi connectivity index (χ3n) is 2.33. The molecular formula is C11H14O. The van der Waals surface area contributed by atoms with Gasteiger partial charge in [0.25, 0.3) is 0 Å². The molecular weight excluding hydrogens is 148 g/mol. The zero-order valence-electron chi connectivity index (χ0n) is 7.81. The predicted molar refractivity (Wildman–Crippen MR) is 52.4 cm³/mol. The van der Waals surface area contributed by atoms with Crippen molar-refractivity contribution in [1.82, 2.24) is 0 Å². The Morgan fingerprint density at radius 3 is 2.33 bits per heavy atom. The van der Waals surface area contributed by atoms with E-state index in [4.69, 9.17) is 0 Å². The van der Waals surface area contributed by atoms with E-state index in [9.17, 15) is 5.11 Å². The first-order chi connectivity index (χ1) is 5.57. The van der Waals surface area contributed by atoms with Crippen LogP contribution in [0.4, 0.5) is 0 Å². The van der Waals surface area contributed by atoms with Gasteiger partial charge in [-0.1, -0.05) is 12.7 Å². The largest absolute Gasteiger partial charge is 0.508 e. The number of aryl methyl sites for hydroxylation is 1. The first-order valence-electron chi connectivity index (χ1n) is 4.00. The third kappa shape index (κ3) is 1.22. The van der Waals surface area contributed by atoms with Crippen molar-refractivity contribution < 1.29 is 5.11 Å². The van der Waals surface area contributed by atoms with Crippen LogP contribution in [0, 0.1) is 20.8 Å². The molecule has 0 aromatic heterocycles. The van der Waals surface area contributed by atoms with Gasteiger partial charge >= 0.3 is 0 Å². The van der Waals surface area contributed by atoms with Crippen LogP contribution in [0.3, 0.4) is 0 Å². The van der Waals surface area contributed by atoms with Gasteiger partial charge in [0.2, 0.25) is 0 Å². The van der Waals surface area contributed by atoms with Crippen molar-refractivity contribution in [3.05, 3.63) is 34.9 Å². The second-order valence-corrected chi connectivity index (χ2v) is 3.08. The van der Waals surface area contributed by atoms with Crippen molar-refractivity contribution in [2.75, 3.05) is 0 Å². The van der Waals surface area contributed by atoms with Crippen LogP contribution in [0.25, 0.3) is 6.08 Å². The van der Waals surface area contributed by atoms with E-state index < -0.39 is 0 Å². The van der Waals surface area contributed by atoms with Gasteiger partial charge in [0, 0.05) is 0 Å². The summed E-state index contributed by atoms with van der Waals surface area (Å²) in [5.41, 5.74) is 4.26. The Morgan fingerprint density at radius 2 is 1.83 bits per heavy atom. The number of rotatable bonds is 1. The number of aromatic hydroxyl groups is 1. The Morgan fingerprint density at radius 1 is 1.25 bits per heavy atom. The van der Waals surface area contributed by atoms with E-state index >= 15 is 0 Å². The van der Waals surface area contributed by atoms with Gasteiger partial charge in [0.15, 0.2) is 0 Å². The molecule has 0 bridgehead atoms. The van der Waals surface area contributed by atoms with Gasteiger partial charge in [0.05, 0.1) is 0 Å². The second kappa shape index (κ2) is 3.02. The molecule has 1 N–H and O–H groups in total. The average molecular weight is 162 g/mol. The third-order valence-corrected chi connectivity index (χ3v) is 2.33. The molecule has 0 spiro atoms. The summed E-state index contributed by atoms with van der Waals surface area (Å²) in [6.07, 6.45) is 1.83. The molecule has 0 aliphatic heterocycles. The lowest BCUT2D eigenvalue weighted by Gasteiger charge is -2.10. The van der Waals surface area contributed by atoms with E-state index in [-0.39, 0.29) is 0 Å². The molecule has 1 rings (SSSR count). The number of hydrogen-bond acceptors (Lipinski definition) is 1. The Bertz CT molecular complexity index is 324. The summed E-state index contributed by atoms with van der Waals surface area (Å²) in [5, 5.41) is 9.47. The molecule has 1 heteroatoms. The molecule has 0 saturated carbocycles. The predicted octanol–water partition coefficient (Wildman–Crippen LogP) is 2.96. The molecule has 1 nitrogen and oxygen atoms in total. The monoisotopic (exact) mass is 162 g/mol. The van der Waals surface area contributed by atoms with E-state index in [1.807, 2.05) is 26.8 Å². The highest BCUT2D eigenvalue weighted by Crippen LogP contribution is 2.26. The maximum Gasteiger partial charge on any atom is 0.119 e. The summed E-state index contributed by atoms with van der Waals surface area (Å²) in [7, 11) is 0. The van der Waals surface area contributed by atoms with Crippen LogP contribution >= 0.6 is 0 Å². The van der Waals surface area contributed by atoms with Gasteiger partial charge in [-0.25, -0.2) is 0 Å². The molecule has 64 valence electrons. The lowest BCUT2D eigenvalue weighted by atomic mass is 9.98. The molecule has 0 amide bonds. The second-order valence-electron chi connectivity index (χ2n) is 3.08. The van der Waals surface area contributed by atoms with Gasteiger partial charge in [-0.15, -0.1) is 0 Å². The molecule has 0 saturated heterocycles. The number of benzene rings is 1. The SMILES string of the molecule is C=Cc1c(C)cc(O)c(C)c1C. The smallest absolute Gasteiger partial charge is 0.119 e. The van der Waals surface area contributed by atoms with Crippen LogP contribution in [0.5, 0.6) is 5.75 Å². The van der Waals surface area contributed by atoms with Crippen LogP contribution in [-0.4, -0.2) is 5.11 Å². The molecule has 0 unspecified atom stereocenters. The van der Waals surface area contributed by atoms with Crippen molar-refractivity contribution in [2.24, 2.45) is 0 Å². The fourth-order valence-corrected chi connectivity index (χ4v) is 1.40. The summed E-state index contributed by atoms with van der Waals surface area (Å²) in [5.74, 6) is 0.371. The van der Waals surface area contributed by atoms with Crippen molar-refractivity contribution >= 4 is 6.08 Å². The number of phenols is 1. The first-order valence-corrected chi connectivity index (χ1v) is 4.00. The topological polar surface area (TPSA) is 20.2 Å². The Hall–Kier alpha value is -1.24. The Kier molecular flexibility index (Phi) is 2.22. The highest BCUT2D eigenvalue weighted by atomic mass is 16.3. The zero-order chi connectivity index (χ0) is 9.30. The summed E-state index contributed by atoms with van der Waals surface area (Å²) in [6, 6.07) is 1.78. The maximum atomic E-state index is 9.47. The molecule has 0 radical (unpaired) electrons. The molecule has 0 atom stereocenters. The molecule has 0 heterocycles. The van der Waals surface area contributed by atoms with Crippen molar-refractivity contribution in [3.8, 4) is 5.75 Å². The van der Waals surface area contributed by atoms with Crippen molar-refractivity contribution in [2.45, 2.75) is 20.8 Å². The first kappa shape index (κ1) is 8.85. The normalized spacial score (nSPS) is 9.92. The molecule has 0 aliphatic carbocycles. The minimum absolute atomic E-state index is 0.371. The summed E-state index contributed by atoms with van der Waals surface area (Å²) in [4.78, 5) is 0. The van der Waals surface area contributed by atoms with Gasteiger partial charge in [-0.05, 0) is 49.1 Å². The van der Waals surface area contributed by atoms with Crippen molar-refractivity contribution in [1.29, 1.82) is 0 Å². The Balaban J connectivity index is 3.51. The molecule has 0 fully saturated rings. The van der Waals surface area contributed by atoms with E-state index in [2.05, 4.69) is 6.58 Å². The average Bonchev–Trinajstić information content (AvgIpc) is 2.01. The van der Waals surface area contributed by atoms with Gasteiger partial charge in [0.1, 0.15) is 5.75 Å². The Labute approximate surface area is 73.4 Å². The van der Waals surface area contributed by atoms with E-state index in [1.165, 1.54) is 0 Å². The molecule has 1 aromatic rings. The summed E-state index contributed by atoms with van der Waals surface area (Å²) in [6.45, 7) is 9.63. The molecule has 12 heavy (non-hydrogen) atoms. The van der Waals surface area contributed by atoms with Crippen LogP contribution in [-0.2, 0) is 0 Å². The van der Waals surface area contributed by atoms with Crippen LogP contribution in [0.2, 0.25) is 0 Å². The van der Waals surface area contributed by atoms with E-state index in [0.717, 1.165) is 22.3 Å². The standard InChI is InChI=1S/C11H14O/c1-5-10-7(2)6-11(12)9(4)8(10)3/h5-6,12H,1H2,2-4H3. The lowest BCUT2D eigenvalue weighted by Crippen LogP contribution is -1.90. The summed E-state index contributed by atoms with van der Waals surface area (Å²) < 4.78 is 0. The fourth-order valence-electron chi connectivity index (χ4n) is 1.40. The van der Waals surface area contributed by atoms with E-state index in [1.54, 1.807) is 6.07 Å². The van der Waals surface area contributed by atoms with Gasteiger partial charge in [-0.2, -0.15) is 0 Å². The maximum absolute atomic E-state index is 9.47. The number of hydrogen-bond donors (Lipinski definition) is 1. The quantitative estimate of drug-likeness (QED) is 0.673. The highest BCUT2D eigenvalue weighted by Gasteiger charge is 2.05. The van der Waals surface area contributed by atoms with Crippen molar-refractivity contribution in [3.63, 3.8) is 0 Å². The molecule has 1 aromatic carbocycles. The van der Waals surface area contributed by atoms with Gasteiger partial charge in [-0.3, -0.25) is 0 Å². The number of phenolic OH excluding ortho intramolecular Hbond substituents is 1. The van der Waals surface area contributed by atoms with Crippen LogP contribution < -0.4 is 0 Å². The minimum atomic E-state index is 0.371. The fraction of sp³-hybridized carbons (Fsp3) is 0.273. The van der Waals surface area contributed by atoms with Crippen LogP contribution in [0.15, 0.2) is 12.6 Å². The molecule has 0 aliphatic rings. The zero-order valence-corrected chi connectivity index (χ0v) is 7.81. The highest BCUT2D eigenvalue weighted by molar-refractivity contribution is 5.60. The summed E-state index contributed by atoms with van der Waals surface area (Å²) >= 11 is 0. The van der Waals surface area contributed by atoms with Crippen LogP contribution in [0.1, 0.15) is 22.3 Å². The van der Waals surface area contributed by atoms with Gasteiger partial charge < -0.3 is 5.11 Å². The minimum Gasteiger partial charge on any atom is -0.508 e. The van der Waals surface area contributed by atoms with E-state index in [0.29, 0.717) is 5.75 Å². The lowest BCUT2D eigenvalue weighted by molar-refractivity contribution is 0.470.